The predicted octanol–water partition coefficient (Wildman–Crippen LogP) is 1.92. The van der Waals surface area contributed by atoms with E-state index >= 15 is 0 Å². The standard InChI is InChI=1S/C14H19NO3/c15-12-6-3-11(4-7-12)5-8-14(16)18-10-13-2-1-9-17-13/h3-4,6-7,13H,1-2,5,8-10,15H2. The summed E-state index contributed by atoms with van der Waals surface area (Å²) in [6.07, 6.45) is 3.24. The van der Waals surface area contributed by atoms with Crippen LogP contribution < -0.4 is 5.73 Å². The summed E-state index contributed by atoms with van der Waals surface area (Å²) >= 11 is 0. The fourth-order valence-corrected chi connectivity index (χ4v) is 1.96. The highest BCUT2D eigenvalue weighted by Crippen LogP contribution is 2.13. The number of hydrogen-bond acceptors (Lipinski definition) is 4. The Morgan fingerprint density at radius 1 is 1.39 bits per heavy atom. The molecule has 18 heavy (non-hydrogen) atoms. The molecule has 1 saturated heterocycles. The summed E-state index contributed by atoms with van der Waals surface area (Å²) in [7, 11) is 0. The molecule has 0 amide bonds. The smallest absolute Gasteiger partial charge is 0.306 e. The topological polar surface area (TPSA) is 61.6 Å². The van der Waals surface area contributed by atoms with Crippen molar-refractivity contribution < 1.29 is 14.3 Å². The summed E-state index contributed by atoms with van der Waals surface area (Å²) in [5.41, 5.74) is 7.43. The lowest BCUT2D eigenvalue weighted by Gasteiger charge is -2.10. The van der Waals surface area contributed by atoms with E-state index in [2.05, 4.69) is 0 Å². The molecule has 1 unspecified atom stereocenters. The zero-order valence-corrected chi connectivity index (χ0v) is 10.4. The quantitative estimate of drug-likeness (QED) is 0.639. The van der Waals surface area contributed by atoms with Gasteiger partial charge in [-0.05, 0) is 37.0 Å². The minimum Gasteiger partial charge on any atom is -0.463 e. The number of nitrogens with two attached hydrogens (primary N) is 1. The normalized spacial score (nSPS) is 18.8. The maximum atomic E-state index is 11.5. The van der Waals surface area contributed by atoms with Crippen LogP contribution in [0.4, 0.5) is 5.69 Å². The van der Waals surface area contributed by atoms with Gasteiger partial charge < -0.3 is 15.2 Å². The first-order chi connectivity index (χ1) is 8.74. The molecule has 4 nitrogen and oxygen atoms in total. The van der Waals surface area contributed by atoms with Crippen molar-refractivity contribution in [3.63, 3.8) is 0 Å². The van der Waals surface area contributed by atoms with Crippen LogP contribution in [0.1, 0.15) is 24.8 Å². The molecule has 1 atom stereocenters. The second-order valence-corrected chi connectivity index (χ2v) is 4.56. The Kier molecular flexibility index (Phi) is 4.59. The van der Waals surface area contributed by atoms with E-state index in [4.69, 9.17) is 15.2 Å². The summed E-state index contributed by atoms with van der Waals surface area (Å²) < 4.78 is 10.6. The third kappa shape index (κ3) is 4.04. The molecule has 4 heteroatoms. The van der Waals surface area contributed by atoms with Gasteiger partial charge in [0.2, 0.25) is 0 Å². The number of nitrogen functional groups attached to an aromatic ring is 1. The molecule has 0 radical (unpaired) electrons. The summed E-state index contributed by atoms with van der Waals surface area (Å²) in [5, 5.41) is 0. The Morgan fingerprint density at radius 2 is 2.17 bits per heavy atom. The minimum absolute atomic E-state index is 0.102. The second kappa shape index (κ2) is 6.40. The molecule has 0 spiro atoms. The maximum Gasteiger partial charge on any atom is 0.306 e. The number of carbonyl (C=O) groups is 1. The average molecular weight is 249 g/mol. The average Bonchev–Trinajstić information content (AvgIpc) is 2.89. The van der Waals surface area contributed by atoms with Crippen molar-refractivity contribution in [2.75, 3.05) is 18.9 Å². The maximum absolute atomic E-state index is 11.5. The van der Waals surface area contributed by atoms with Crippen molar-refractivity contribution in [3.8, 4) is 0 Å². The van der Waals surface area contributed by atoms with Gasteiger partial charge in [-0.3, -0.25) is 4.79 Å². The number of hydrogen-bond donors (Lipinski definition) is 1. The van der Waals surface area contributed by atoms with E-state index < -0.39 is 0 Å². The highest BCUT2D eigenvalue weighted by molar-refractivity contribution is 5.69. The van der Waals surface area contributed by atoms with Crippen molar-refractivity contribution in [1.82, 2.24) is 0 Å². The van der Waals surface area contributed by atoms with E-state index in [9.17, 15) is 4.79 Å². The number of benzene rings is 1. The summed E-state index contributed by atoms with van der Waals surface area (Å²) in [6, 6.07) is 7.55. The van der Waals surface area contributed by atoms with Gasteiger partial charge in [-0.2, -0.15) is 0 Å². The number of rotatable bonds is 5. The van der Waals surface area contributed by atoms with Gasteiger partial charge in [0.05, 0.1) is 6.10 Å². The van der Waals surface area contributed by atoms with Crippen LogP contribution in [-0.4, -0.2) is 25.3 Å². The van der Waals surface area contributed by atoms with Gasteiger partial charge in [-0.25, -0.2) is 0 Å². The first kappa shape index (κ1) is 12.9. The lowest BCUT2D eigenvalue weighted by Crippen LogP contribution is -2.18. The SMILES string of the molecule is Nc1ccc(CCC(=O)OCC2CCCO2)cc1. The Labute approximate surface area is 107 Å². The van der Waals surface area contributed by atoms with Gasteiger partial charge >= 0.3 is 5.97 Å². The van der Waals surface area contributed by atoms with E-state index in [1.54, 1.807) is 0 Å². The third-order valence-corrected chi connectivity index (χ3v) is 3.05. The van der Waals surface area contributed by atoms with Gasteiger partial charge in [0.15, 0.2) is 0 Å². The Bertz CT molecular complexity index is 383. The fraction of sp³-hybridized carbons (Fsp3) is 0.500. The molecule has 0 bridgehead atoms. The fourth-order valence-electron chi connectivity index (χ4n) is 1.96. The van der Waals surface area contributed by atoms with Crippen molar-refractivity contribution in [2.24, 2.45) is 0 Å². The summed E-state index contributed by atoms with van der Waals surface area (Å²) in [4.78, 5) is 11.5. The van der Waals surface area contributed by atoms with Crippen molar-refractivity contribution in [3.05, 3.63) is 29.8 Å². The Hall–Kier alpha value is -1.55. The van der Waals surface area contributed by atoms with E-state index in [1.807, 2.05) is 24.3 Å². The van der Waals surface area contributed by atoms with Crippen LogP contribution in [0.15, 0.2) is 24.3 Å². The molecule has 0 aromatic heterocycles. The van der Waals surface area contributed by atoms with Gasteiger partial charge in [-0.1, -0.05) is 12.1 Å². The highest BCUT2D eigenvalue weighted by atomic mass is 16.6. The lowest BCUT2D eigenvalue weighted by molar-refractivity contribution is -0.146. The van der Waals surface area contributed by atoms with Crippen LogP contribution in [0, 0.1) is 0 Å². The summed E-state index contributed by atoms with van der Waals surface area (Å²) in [6.45, 7) is 1.17. The molecule has 1 aliphatic heterocycles. The molecule has 2 rings (SSSR count). The van der Waals surface area contributed by atoms with E-state index in [0.717, 1.165) is 30.7 Å². The van der Waals surface area contributed by atoms with E-state index in [-0.39, 0.29) is 12.1 Å². The molecule has 1 fully saturated rings. The van der Waals surface area contributed by atoms with Crippen LogP contribution in [0.3, 0.4) is 0 Å². The monoisotopic (exact) mass is 249 g/mol. The molecule has 1 aromatic rings. The van der Waals surface area contributed by atoms with Gasteiger partial charge in [0.1, 0.15) is 6.61 Å². The van der Waals surface area contributed by atoms with Crippen LogP contribution in [0.25, 0.3) is 0 Å². The number of ether oxygens (including phenoxy) is 2. The van der Waals surface area contributed by atoms with Gasteiger partial charge in [-0.15, -0.1) is 0 Å². The Balaban J connectivity index is 1.66. The second-order valence-electron chi connectivity index (χ2n) is 4.56. The number of aryl methyl sites for hydroxylation is 1. The van der Waals surface area contributed by atoms with Crippen molar-refractivity contribution in [2.45, 2.75) is 31.8 Å². The molecule has 1 aromatic carbocycles. The lowest BCUT2D eigenvalue weighted by atomic mass is 10.1. The van der Waals surface area contributed by atoms with E-state index in [0.29, 0.717) is 19.4 Å². The molecule has 2 N–H and O–H groups in total. The highest BCUT2D eigenvalue weighted by Gasteiger charge is 2.17. The van der Waals surface area contributed by atoms with Gasteiger partial charge in [0, 0.05) is 18.7 Å². The molecule has 0 saturated carbocycles. The molecule has 1 heterocycles. The minimum atomic E-state index is -0.165. The number of anilines is 1. The zero-order valence-electron chi connectivity index (χ0n) is 10.4. The van der Waals surface area contributed by atoms with Crippen LogP contribution in [-0.2, 0) is 20.7 Å². The number of esters is 1. The van der Waals surface area contributed by atoms with Crippen LogP contribution in [0.2, 0.25) is 0 Å². The summed E-state index contributed by atoms with van der Waals surface area (Å²) in [5.74, 6) is -0.165. The van der Waals surface area contributed by atoms with Crippen LogP contribution >= 0.6 is 0 Å². The molecule has 98 valence electrons. The first-order valence-electron chi connectivity index (χ1n) is 6.35. The molecular formula is C14H19NO3. The van der Waals surface area contributed by atoms with Crippen molar-refractivity contribution >= 4 is 11.7 Å². The van der Waals surface area contributed by atoms with Gasteiger partial charge in [0.25, 0.3) is 0 Å². The van der Waals surface area contributed by atoms with E-state index in [1.165, 1.54) is 0 Å². The third-order valence-electron chi connectivity index (χ3n) is 3.05. The molecule has 0 aliphatic carbocycles. The zero-order chi connectivity index (χ0) is 12.8. The van der Waals surface area contributed by atoms with Crippen molar-refractivity contribution in [1.29, 1.82) is 0 Å². The number of carbonyl (C=O) groups excluding carboxylic acids is 1. The van der Waals surface area contributed by atoms with Crippen LogP contribution in [0.5, 0.6) is 0 Å². The largest absolute Gasteiger partial charge is 0.463 e. The molecular weight excluding hydrogens is 230 g/mol. The molecule has 1 aliphatic rings. The predicted molar refractivity (Wildman–Crippen MR) is 69.1 cm³/mol. The first-order valence-corrected chi connectivity index (χ1v) is 6.35. The Morgan fingerprint density at radius 3 is 2.83 bits per heavy atom.